The summed E-state index contributed by atoms with van der Waals surface area (Å²) in [4.78, 5) is 4.19. The number of pyridine rings is 1. The molecular formula is C11H16N2O. The number of ether oxygens (including phenoxy) is 1. The number of methoxy groups -OCH3 is 1. The van der Waals surface area contributed by atoms with E-state index in [1.54, 1.807) is 13.3 Å². The predicted molar refractivity (Wildman–Crippen MR) is 56.7 cm³/mol. The maximum atomic E-state index is 5.24. The van der Waals surface area contributed by atoms with Crippen molar-refractivity contribution < 1.29 is 4.74 Å². The molecule has 76 valence electrons. The van der Waals surface area contributed by atoms with Crippen molar-refractivity contribution in [3.63, 3.8) is 0 Å². The van der Waals surface area contributed by atoms with Crippen molar-refractivity contribution in [1.82, 2.24) is 4.98 Å². The molecule has 0 radical (unpaired) electrons. The topological polar surface area (TPSA) is 34.1 Å². The number of aryl methyl sites for hydroxylation is 1. The van der Waals surface area contributed by atoms with E-state index in [0.29, 0.717) is 6.04 Å². The summed E-state index contributed by atoms with van der Waals surface area (Å²) in [5.41, 5.74) is 2.08. The number of nitrogens with zero attached hydrogens (tertiary/aromatic N) is 1. The zero-order valence-electron chi connectivity index (χ0n) is 8.87. The molecule has 1 aromatic heterocycles. The Kier molecular flexibility index (Phi) is 2.32. The molecule has 0 unspecified atom stereocenters. The fourth-order valence-electron chi connectivity index (χ4n) is 1.55. The molecule has 0 amide bonds. The van der Waals surface area contributed by atoms with Gasteiger partial charge in [0, 0.05) is 11.7 Å². The molecule has 1 aliphatic rings. The van der Waals surface area contributed by atoms with Crippen LogP contribution in [-0.2, 0) is 0 Å². The van der Waals surface area contributed by atoms with Crippen LogP contribution in [0, 0.1) is 12.8 Å². The van der Waals surface area contributed by atoms with E-state index in [9.17, 15) is 0 Å². The molecular weight excluding hydrogens is 176 g/mol. The van der Waals surface area contributed by atoms with Crippen LogP contribution in [0.2, 0.25) is 0 Å². The first-order valence-corrected chi connectivity index (χ1v) is 4.98. The van der Waals surface area contributed by atoms with E-state index in [1.165, 1.54) is 6.42 Å². The molecule has 1 fully saturated rings. The summed E-state index contributed by atoms with van der Waals surface area (Å²) in [7, 11) is 1.67. The normalized spacial score (nSPS) is 24.5. The average molecular weight is 192 g/mol. The van der Waals surface area contributed by atoms with E-state index in [2.05, 4.69) is 17.2 Å². The summed E-state index contributed by atoms with van der Waals surface area (Å²) < 4.78 is 5.24. The lowest BCUT2D eigenvalue weighted by Crippen LogP contribution is -2.05. The highest BCUT2D eigenvalue weighted by atomic mass is 16.5. The first-order chi connectivity index (χ1) is 6.70. The van der Waals surface area contributed by atoms with Gasteiger partial charge < -0.3 is 10.1 Å². The maximum absolute atomic E-state index is 5.24. The summed E-state index contributed by atoms with van der Waals surface area (Å²) in [6.07, 6.45) is 3.02. The second-order valence-corrected chi connectivity index (χ2v) is 3.99. The summed E-state index contributed by atoms with van der Waals surface area (Å²) in [5, 5.41) is 3.46. The van der Waals surface area contributed by atoms with Gasteiger partial charge in [-0.25, -0.2) is 0 Å². The molecule has 2 rings (SSSR count). The SMILES string of the molecule is COc1cnc(C)cc1N[C@@H]1C[C@H]1C. The van der Waals surface area contributed by atoms with Gasteiger partial charge in [-0.3, -0.25) is 4.98 Å². The molecule has 0 bridgehead atoms. The van der Waals surface area contributed by atoms with Crippen molar-refractivity contribution in [1.29, 1.82) is 0 Å². The van der Waals surface area contributed by atoms with Crippen LogP contribution >= 0.6 is 0 Å². The Bertz CT molecular complexity index is 338. The zero-order valence-corrected chi connectivity index (χ0v) is 8.87. The fraction of sp³-hybridized carbons (Fsp3) is 0.545. The van der Waals surface area contributed by atoms with Crippen molar-refractivity contribution >= 4 is 5.69 Å². The molecule has 3 nitrogen and oxygen atoms in total. The summed E-state index contributed by atoms with van der Waals surface area (Å²) in [6, 6.07) is 2.65. The third-order valence-corrected chi connectivity index (χ3v) is 2.67. The van der Waals surface area contributed by atoms with E-state index >= 15 is 0 Å². The number of rotatable bonds is 3. The Labute approximate surface area is 84.5 Å². The van der Waals surface area contributed by atoms with E-state index in [4.69, 9.17) is 4.74 Å². The van der Waals surface area contributed by atoms with Gasteiger partial charge in [-0.05, 0) is 25.3 Å². The minimum absolute atomic E-state index is 0.616. The van der Waals surface area contributed by atoms with Crippen molar-refractivity contribution in [3.05, 3.63) is 18.0 Å². The van der Waals surface area contributed by atoms with Crippen molar-refractivity contribution in [2.75, 3.05) is 12.4 Å². The molecule has 0 aliphatic heterocycles. The van der Waals surface area contributed by atoms with Crippen LogP contribution in [0.3, 0.4) is 0 Å². The van der Waals surface area contributed by atoms with E-state index in [0.717, 1.165) is 23.0 Å². The zero-order chi connectivity index (χ0) is 10.1. The molecule has 2 atom stereocenters. The standard InChI is InChI=1S/C11H16N2O/c1-7-4-9(7)13-10-5-8(2)12-6-11(10)14-3/h5-7,9H,4H2,1-3H3,(H,12,13)/t7-,9-/m1/s1. The highest BCUT2D eigenvalue weighted by Crippen LogP contribution is 2.35. The average Bonchev–Trinajstić information content (AvgIpc) is 2.82. The van der Waals surface area contributed by atoms with Gasteiger partial charge in [0.25, 0.3) is 0 Å². The smallest absolute Gasteiger partial charge is 0.160 e. The highest BCUT2D eigenvalue weighted by Gasteiger charge is 2.32. The number of anilines is 1. The Morgan fingerprint density at radius 1 is 1.57 bits per heavy atom. The lowest BCUT2D eigenvalue weighted by Gasteiger charge is -2.10. The highest BCUT2D eigenvalue weighted by molar-refractivity contribution is 5.57. The third-order valence-electron chi connectivity index (χ3n) is 2.67. The van der Waals surface area contributed by atoms with E-state index in [-0.39, 0.29) is 0 Å². The van der Waals surface area contributed by atoms with Gasteiger partial charge in [0.1, 0.15) is 0 Å². The molecule has 1 aromatic rings. The Balaban J connectivity index is 2.17. The van der Waals surface area contributed by atoms with Gasteiger partial charge in [0.15, 0.2) is 5.75 Å². The molecule has 0 aromatic carbocycles. The Morgan fingerprint density at radius 2 is 2.29 bits per heavy atom. The van der Waals surface area contributed by atoms with Gasteiger partial charge in [-0.1, -0.05) is 6.92 Å². The van der Waals surface area contributed by atoms with Crippen LogP contribution in [0.25, 0.3) is 0 Å². The molecule has 0 saturated heterocycles. The lowest BCUT2D eigenvalue weighted by molar-refractivity contribution is 0.414. The minimum Gasteiger partial charge on any atom is -0.493 e. The van der Waals surface area contributed by atoms with Crippen molar-refractivity contribution in [3.8, 4) is 5.75 Å². The monoisotopic (exact) mass is 192 g/mol. The van der Waals surface area contributed by atoms with Crippen LogP contribution < -0.4 is 10.1 Å². The molecule has 3 heteroatoms. The van der Waals surface area contributed by atoms with Crippen LogP contribution in [0.1, 0.15) is 19.0 Å². The number of aromatic nitrogens is 1. The van der Waals surface area contributed by atoms with Gasteiger partial charge in [0.05, 0.1) is 19.0 Å². The van der Waals surface area contributed by atoms with E-state index < -0.39 is 0 Å². The fourth-order valence-corrected chi connectivity index (χ4v) is 1.55. The second kappa shape index (κ2) is 3.48. The van der Waals surface area contributed by atoms with Gasteiger partial charge in [0.2, 0.25) is 0 Å². The Morgan fingerprint density at radius 3 is 2.86 bits per heavy atom. The van der Waals surface area contributed by atoms with Gasteiger partial charge in [-0.2, -0.15) is 0 Å². The van der Waals surface area contributed by atoms with Crippen LogP contribution in [-0.4, -0.2) is 18.1 Å². The largest absolute Gasteiger partial charge is 0.493 e. The number of hydrogen-bond acceptors (Lipinski definition) is 3. The van der Waals surface area contributed by atoms with E-state index in [1.807, 2.05) is 13.0 Å². The predicted octanol–water partition coefficient (Wildman–Crippen LogP) is 2.22. The first-order valence-electron chi connectivity index (χ1n) is 4.98. The van der Waals surface area contributed by atoms with Crippen LogP contribution in [0.5, 0.6) is 5.75 Å². The number of nitrogens with one attached hydrogen (secondary N) is 1. The summed E-state index contributed by atoms with van der Waals surface area (Å²) >= 11 is 0. The molecule has 0 spiro atoms. The Hall–Kier alpha value is -1.25. The van der Waals surface area contributed by atoms with Crippen LogP contribution in [0.4, 0.5) is 5.69 Å². The quantitative estimate of drug-likeness (QED) is 0.797. The summed E-state index contributed by atoms with van der Waals surface area (Å²) in [6.45, 7) is 4.24. The molecule has 1 saturated carbocycles. The lowest BCUT2D eigenvalue weighted by atomic mass is 10.3. The minimum atomic E-state index is 0.616. The van der Waals surface area contributed by atoms with Crippen LogP contribution in [0.15, 0.2) is 12.3 Å². The second-order valence-electron chi connectivity index (χ2n) is 3.99. The molecule has 14 heavy (non-hydrogen) atoms. The van der Waals surface area contributed by atoms with Gasteiger partial charge in [-0.15, -0.1) is 0 Å². The van der Waals surface area contributed by atoms with Crippen molar-refractivity contribution in [2.45, 2.75) is 26.3 Å². The molecule has 1 heterocycles. The third kappa shape index (κ3) is 1.81. The molecule has 1 N–H and O–H groups in total. The number of hydrogen-bond donors (Lipinski definition) is 1. The van der Waals surface area contributed by atoms with Crippen molar-refractivity contribution in [2.24, 2.45) is 5.92 Å². The maximum Gasteiger partial charge on any atom is 0.160 e. The summed E-state index contributed by atoms with van der Waals surface area (Å²) in [5.74, 6) is 1.61. The molecule has 1 aliphatic carbocycles. The van der Waals surface area contributed by atoms with Gasteiger partial charge >= 0.3 is 0 Å². The first kappa shape index (κ1) is 9.31.